The van der Waals surface area contributed by atoms with Gasteiger partial charge in [0, 0.05) is 16.5 Å². The zero-order chi connectivity index (χ0) is 12.6. The lowest BCUT2D eigenvalue weighted by atomic mass is 9.74. The van der Waals surface area contributed by atoms with Gasteiger partial charge in [-0.25, -0.2) is 0 Å². The van der Waals surface area contributed by atoms with Crippen molar-refractivity contribution in [1.29, 1.82) is 0 Å². The molecule has 3 rings (SSSR count). The van der Waals surface area contributed by atoms with Crippen molar-refractivity contribution in [3.63, 3.8) is 0 Å². The van der Waals surface area contributed by atoms with Crippen molar-refractivity contribution in [3.8, 4) is 0 Å². The zero-order valence-electron chi connectivity index (χ0n) is 10.5. The summed E-state index contributed by atoms with van der Waals surface area (Å²) >= 11 is 0. The summed E-state index contributed by atoms with van der Waals surface area (Å²) in [5.41, 5.74) is 1.65. The normalized spacial score (nSPS) is 17.4. The molecule has 1 saturated carbocycles. The molecule has 0 saturated heterocycles. The third-order valence-corrected chi connectivity index (χ3v) is 4.07. The van der Waals surface area contributed by atoms with Crippen LogP contribution in [0.25, 0.3) is 10.9 Å². The highest BCUT2D eigenvalue weighted by Crippen LogP contribution is 2.34. The van der Waals surface area contributed by atoms with Gasteiger partial charge >= 0.3 is 0 Å². The summed E-state index contributed by atoms with van der Waals surface area (Å²) in [6, 6.07) is 5.64. The Bertz CT molecular complexity index is 578. The minimum absolute atomic E-state index is 0.0213. The quantitative estimate of drug-likeness (QED) is 0.870. The predicted octanol–water partition coefficient (Wildman–Crippen LogP) is 2.63. The fourth-order valence-electron chi connectivity index (χ4n) is 2.56. The average molecular weight is 243 g/mol. The molecule has 1 aliphatic rings. The summed E-state index contributed by atoms with van der Waals surface area (Å²) in [5.74, 6) is 0.0213. The summed E-state index contributed by atoms with van der Waals surface area (Å²) in [5, 5.41) is 11.1. The highest BCUT2D eigenvalue weighted by atomic mass is 16.1. The van der Waals surface area contributed by atoms with E-state index >= 15 is 0 Å². The first-order chi connectivity index (χ1) is 8.72. The molecule has 0 spiro atoms. The number of hydrogen-bond donors (Lipinski definition) is 2. The van der Waals surface area contributed by atoms with E-state index in [4.69, 9.17) is 0 Å². The second-order valence-electron chi connectivity index (χ2n) is 5.11. The highest BCUT2D eigenvalue weighted by Gasteiger charge is 2.36. The molecule has 1 fully saturated rings. The molecule has 1 heterocycles. The van der Waals surface area contributed by atoms with Crippen LogP contribution < -0.4 is 5.32 Å². The fraction of sp³-hybridized carbons (Fsp3) is 0.429. The van der Waals surface area contributed by atoms with Crippen LogP contribution in [-0.2, 0) is 0 Å². The van der Waals surface area contributed by atoms with Gasteiger partial charge in [-0.2, -0.15) is 5.10 Å². The molecule has 4 heteroatoms. The summed E-state index contributed by atoms with van der Waals surface area (Å²) in [6.07, 6.45) is 6.18. The average Bonchev–Trinajstić information content (AvgIpc) is 2.80. The molecule has 2 N–H and O–H groups in total. The summed E-state index contributed by atoms with van der Waals surface area (Å²) in [6.45, 7) is 2.14. The second-order valence-corrected chi connectivity index (χ2v) is 5.11. The number of nitrogens with one attached hydrogen (secondary N) is 2. The number of carbonyl (C=O) groups excluding carboxylic acids is 1. The topological polar surface area (TPSA) is 57.8 Å². The third kappa shape index (κ3) is 1.78. The number of hydrogen-bond acceptors (Lipinski definition) is 2. The lowest BCUT2D eigenvalue weighted by Crippen LogP contribution is -2.52. The number of rotatable bonds is 3. The van der Waals surface area contributed by atoms with Gasteiger partial charge in [0.25, 0.3) is 5.91 Å². The van der Waals surface area contributed by atoms with Gasteiger partial charge in [-0.1, -0.05) is 13.0 Å². The molecule has 1 aromatic carbocycles. The second kappa shape index (κ2) is 4.12. The number of aromatic nitrogens is 2. The fourth-order valence-corrected chi connectivity index (χ4v) is 2.56. The summed E-state index contributed by atoms with van der Waals surface area (Å²) < 4.78 is 0. The Morgan fingerprint density at radius 3 is 3.00 bits per heavy atom. The maximum atomic E-state index is 12.2. The Hall–Kier alpha value is -1.84. The van der Waals surface area contributed by atoms with Gasteiger partial charge in [-0.05, 0) is 37.8 Å². The van der Waals surface area contributed by atoms with Crippen molar-refractivity contribution in [2.24, 2.45) is 0 Å². The van der Waals surface area contributed by atoms with Crippen LogP contribution in [0, 0.1) is 0 Å². The molecular formula is C14H17N3O. The predicted molar refractivity (Wildman–Crippen MR) is 70.4 cm³/mol. The first-order valence-electron chi connectivity index (χ1n) is 6.48. The molecular weight excluding hydrogens is 226 g/mol. The number of amides is 1. The standard InChI is InChI=1S/C14H17N3O/c1-2-14(6-3-7-14)16-13(18)10-4-5-11-9-15-17-12(11)8-10/h4-5,8-9H,2-3,6-7H2,1H3,(H,15,17)(H,16,18). The molecule has 0 unspecified atom stereocenters. The molecule has 0 bridgehead atoms. The maximum absolute atomic E-state index is 12.2. The Kier molecular flexibility index (Phi) is 2.58. The van der Waals surface area contributed by atoms with Gasteiger partial charge < -0.3 is 5.32 Å². The monoisotopic (exact) mass is 243 g/mol. The number of carbonyl (C=O) groups is 1. The molecule has 4 nitrogen and oxygen atoms in total. The summed E-state index contributed by atoms with van der Waals surface area (Å²) in [7, 11) is 0. The first-order valence-corrected chi connectivity index (χ1v) is 6.48. The van der Waals surface area contributed by atoms with Crippen LogP contribution in [0.1, 0.15) is 43.0 Å². The molecule has 18 heavy (non-hydrogen) atoms. The lowest BCUT2D eigenvalue weighted by Gasteiger charge is -2.42. The molecule has 0 radical (unpaired) electrons. The van der Waals surface area contributed by atoms with Crippen LogP contribution >= 0.6 is 0 Å². The van der Waals surface area contributed by atoms with Crippen LogP contribution in [0.5, 0.6) is 0 Å². The van der Waals surface area contributed by atoms with E-state index in [0.717, 1.165) is 30.2 Å². The van der Waals surface area contributed by atoms with Crippen LogP contribution in [0.2, 0.25) is 0 Å². The molecule has 2 aromatic rings. The van der Waals surface area contributed by atoms with Gasteiger partial charge in [-0.15, -0.1) is 0 Å². The largest absolute Gasteiger partial charge is 0.347 e. The Morgan fingerprint density at radius 2 is 2.33 bits per heavy atom. The van der Waals surface area contributed by atoms with Crippen LogP contribution in [0.15, 0.2) is 24.4 Å². The van der Waals surface area contributed by atoms with Crippen molar-refractivity contribution < 1.29 is 4.79 Å². The molecule has 1 aliphatic carbocycles. The number of nitrogens with zero attached hydrogens (tertiary/aromatic N) is 1. The molecule has 94 valence electrons. The highest BCUT2D eigenvalue weighted by molar-refractivity contribution is 5.98. The van der Waals surface area contributed by atoms with Crippen molar-refractivity contribution in [2.75, 3.05) is 0 Å². The van der Waals surface area contributed by atoms with Crippen molar-refractivity contribution >= 4 is 16.8 Å². The van der Waals surface area contributed by atoms with Gasteiger partial charge in [0.15, 0.2) is 0 Å². The van der Waals surface area contributed by atoms with Crippen molar-refractivity contribution in [2.45, 2.75) is 38.1 Å². The molecule has 0 aliphatic heterocycles. The Labute approximate surface area is 106 Å². The molecule has 1 amide bonds. The van der Waals surface area contributed by atoms with E-state index < -0.39 is 0 Å². The number of fused-ring (bicyclic) bond motifs is 1. The molecule has 1 aromatic heterocycles. The van der Waals surface area contributed by atoms with Crippen molar-refractivity contribution in [1.82, 2.24) is 15.5 Å². The van der Waals surface area contributed by atoms with E-state index in [1.807, 2.05) is 18.2 Å². The van der Waals surface area contributed by atoms with Crippen LogP contribution in [0.3, 0.4) is 0 Å². The minimum Gasteiger partial charge on any atom is -0.347 e. The minimum atomic E-state index is 0.0213. The van der Waals surface area contributed by atoms with Crippen LogP contribution in [0.4, 0.5) is 0 Å². The van der Waals surface area contributed by atoms with E-state index in [-0.39, 0.29) is 11.4 Å². The van der Waals surface area contributed by atoms with Gasteiger partial charge in [-0.3, -0.25) is 9.89 Å². The Balaban J connectivity index is 1.83. The smallest absolute Gasteiger partial charge is 0.251 e. The maximum Gasteiger partial charge on any atom is 0.251 e. The summed E-state index contributed by atoms with van der Waals surface area (Å²) in [4.78, 5) is 12.2. The van der Waals surface area contributed by atoms with Crippen molar-refractivity contribution in [3.05, 3.63) is 30.0 Å². The van der Waals surface area contributed by atoms with Gasteiger partial charge in [0.1, 0.15) is 0 Å². The van der Waals surface area contributed by atoms with E-state index in [1.54, 1.807) is 6.20 Å². The number of H-pyrrole nitrogens is 1. The van der Waals surface area contributed by atoms with E-state index in [0.29, 0.717) is 5.56 Å². The third-order valence-electron chi connectivity index (χ3n) is 4.07. The van der Waals surface area contributed by atoms with Crippen LogP contribution in [-0.4, -0.2) is 21.6 Å². The number of benzene rings is 1. The first kappa shape index (κ1) is 11.3. The van der Waals surface area contributed by atoms with E-state index in [9.17, 15) is 4.79 Å². The lowest BCUT2D eigenvalue weighted by molar-refractivity contribution is 0.0820. The van der Waals surface area contributed by atoms with Gasteiger partial charge in [0.05, 0.1) is 11.7 Å². The van der Waals surface area contributed by atoms with E-state index in [2.05, 4.69) is 22.4 Å². The van der Waals surface area contributed by atoms with Gasteiger partial charge in [0.2, 0.25) is 0 Å². The zero-order valence-corrected chi connectivity index (χ0v) is 10.5. The van der Waals surface area contributed by atoms with E-state index in [1.165, 1.54) is 6.42 Å². The number of aromatic amines is 1. The SMILES string of the molecule is CCC1(NC(=O)c2ccc3cn[nH]c3c2)CCC1. The molecule has 0 atom stereocenters. The Morgan fingerprint density at radius 1 is 1.50 bits per heavy atom.